The molecule has 94 valence electrons. The van der Waals surface area contributed by atoms with E-state index in [9.17, 15) is 4.39 Å². The third-order valence-electron chi connectivity index (χ3n) is 2.53. The van der Waals surface area contributed by atoms with Gasteiger partial charge >= 0.3 is 0 Å². The van der Waals surface area contributed by atoms with Gasteiger partial charge in [0, 0.05) is 0 Å². The van der Waals surface area contributed by atoms with E-state index in [-0.39, 0.29) is 28.9 Å². The van der Waals surface area contributed by atoms with E-state index in [1.54, 1.807) is 6.07 Å². The number of nitrogen functional groups attached to an aromatic ring is 1. The molecular formula is C12H7ClFN5. The summed E-state index contributed by atoms with van der Waals surface area (Å²) in [5.41, 5.74) is 6.34. The minimum absolute atomic E-state index is 0.0183. The molecule has 1 heterocycles. The number of nitriles is 2. The molecule has 1 aromatic carbocycles. The molecule has 0 saturated heterocycles. The molecule has 0 aliphatic heterocycles. The molecule has 0 saturated carbocycles. The molecule has 0 aliphatic carbocycles. The molecular weight excluding hydrogens is 269 g/mol. The van der Waals surface area contributed by atoms with Crippen LogP contribution in [-0.4, -0.2) is 9.55 Å². The van der Waals surface area contributed by atoms with Gasteiger partial charge in [0.2, 0.25) is 5.95 Å². The Bertz CT molecular complexity index is 723. The molecule has 1 aromatic heterocycles. The number of anilines is 1. The zero-order valence-electron chi connectivity index (χ0n) is 9.56. The topological polar surface area (TPSA) is 91.4 Å². The highest BCUT2D eigenvalue weighted by Crippen LogP contribution is 2.19. The molecule has 0 amide bonds. The van der Waals surface area contributed by atoms with E-state index in [0.717, 1.165) is 0 Å². The van der Waals surface area contributed by atoms with Gasteiger partial charge in [-0.2, -0.15) is 10.5 Å². The van der Waals surface area contributed by atoms with Crippen LogP contribution >= 0.6 is 11.6 Å². The van der Waals surface area contributed by atoms with Crippen LogP contribution in [0.25, 0.3) is 0 Å². The van der Waals surface area contributed by atoms with Gasteiger partial charge in [0.05, 0.1) is 11.6 Å². The SMILES string of the molecule is N#Cc1nc(N)n(Cc2ccc(F)c(Cl)c2)c1C#N. The molecule has 7 heteroatoms. The van der Waals surface area contributed by atoms with Crippen LogP contribution in [0.1, 0.15) is 17.0 Å². The first-order valence-electron chi connectivity index (χ1n) is 5.17. The lowest BCUT2D eigenvalue weighted by molar-refractivity contribution is 0.626. The molecule has 0 spiro atoms. The van der Waals surface area contributed by atoms with Crippen molar-refractivity contribution in [3.8, 4) is 12.1 Å². The summed E-state index contributed by atoms with van der Waals surface area (Å²) in [7, 11) is 0. The highest BCUT2D eigenvalue weighted by molar-refractivity contribution is 6.30. The van der Waals surface area contributed by atoms with Crippen molar-refractivity contribution in [2.45, 2.75) is 6.54 Å². The van der Waals surface area contributed by atoms with Crippen LogP contribution in [0.15, 0.2) is 18.2 Å². The fraction of sp³-hybridized carbons (Fsp3) is 0.0833. The van der Waals surface area contributed by atoms with Gasteiger partial charge in [-0.15, -0.1) is 0 Å². The van der Waals surface area contributed by atoms with Crippen molar-refractivity contribution < 1.29 is 4.39 Å². The molecule has 0 fully saturated rings. The summed E-state index contributed by atoms with van der Waals surface area (Å²) in [4.78, 5) is 3.79. The fourth-order valence-electron chi connectivity index (χ4n) is 1.64. The number of hydrogen-bond donors (Lipinski definition) is 1. The predicted octanol–water partition coefficient (Wildman–Crippen LogP) is 2.05. The summed E-state index contributed by atoms with van der Waals surface area (Å²) in [6, 6.07) is 7.85. The van der Waals surface area contributed by atoms with E-state index in [2.05, 4.69) is 4.98 Å². The molecule has 0 unspecified atom stereocenters. The highest BCUT2D eigenvalue weighted by Gasteiger charge is 2.15. The minimum atomic E-state index is -0.526. The quantitative estimate of drug-likeness (QED) is 0.908. The van der Waals surface area contributed by atoms with Crippen LogP contribution < -0.4 is 5.73 Å². The van der Waals surface area contributed by atoms with Crippen LogP contribution in [0.5, 0.6) is 0 Å². The predicted molar refractivity (Wildman–Crippen MR) is 66.6 cm³/mol. The third-order valence-corrected chi connectivity index (χ3v) is 2.82. The number of rotatable bonds is 2. The second-order valence-corrected chi connectivity index (χ2v) is 4.13. The maximum atomic E-state index is 13.0. The summed E-state index contributed by atoms with van der Waals surface area (Å²) in [5.74, 6) is -0.476. The number of aromatic nitrogens is 2. The Labute approximate surface area is 113 Å². The second-order valence-electron chi connectivity index (χ2n) is 3.73. The van der Waals surface area contributed by atoms with Gasteiger partial charge in [-0.25, -0.2) is 9.37 Å². The zero-order chi connectivity index (χ0) is 14.0. The van der Waals surface area contributed by atoms with Crippen molar-refractivity contribution in [3.05, 3.63) is 46.0 Å². The minimum Gasteiger partial charge on any atom is -0.369 e. The Morgan fingerprint density at radius 2 is 2.11 bits per heavy atom. The standard InChI is InChI=1S/C12H7ClFN5/c13-8-3-7(1-2-9(8)14)6-19-11(5-16)10(4-15)18-12(19)17/h1-3H,6H2,(H2,17,18). The molecule has 0 atom stereocenters. The fourth-order valence-corrected chi connectivity index (χ4v) is 1.85. The van der Waals surface area contributed by atoms with Gasteiger partial charge < -0.3 is 5.73 Å². The smallest absolute Gasteiger partial charge is 0.202 e. The Hall–Kier alpha value is -2.57. The average molecular weight is 276 g/mol. The summed E-state index contributed by atoms with van der Waals surface area (Å²) in [5, 5.41) is 17.8. The third kappa shape index (κ3) is 2.35. The number of nitrogens with zero attached hydrogens (tertiary/aromatic N) is 4. The van der Waals surface area contributed by atoms with Crippen molar-refractivity contribution in [1.82, 2.24) is 9.55 Å². The lowest BCUT2D eigenvalue weighted by atomic mass is 10.2. The Balaban J connectivity index is 2.44. The van der Waals surface area contributed by atoms with Crippen LogP contribution in [-0.2, 0) is 6.54 Å². The highest BCUT2D eigenvalue weighted by atomic mass is 35.5. The number of benzene rings is 1. The maximum absolute atomic E-state index is 13.0. The monoisotopic (exact) mass is 275 g/mol. The van der Waals surface area contributed by atoms with Crippen molar-refractivity contribution in [2.75, 3.05) is 5.73 Å². The van der Waals surface area contributed by atoms with Crippen molar-refractivity contribution in [3.63, 3.8) is 0 Å². The summed E-state index contributed by atoms with van der Waals surface area (Å²) < 4.78 is 14.4. The molecule has 2 aromatic rings. The van der Waals surface area contributed by atoms with E-state index >= 15 is 0 Å². The summed E-state index contributed by atoms with van der Waals surface area (Å²) in [6.07, 6.45) is 0. The molecule has 5 nitrogen and oxygen atoms in total. The largest absolute Gasteiger partial charge is 0.369 e. The average Bonchev–Trinajstić information content (AvgIpc) is 2.70. The first-order chi connectivity index (χ1) is 9.06. The molecule has 2 N–H and O–H groups in total. The lowest BCUT2D eigenvalue weighted by Gasteiger charge is -2.06. The normalized spacial score (nSPS) is 9.89. The number of halogens is 2. The van der Waals surface area contributed by atoms with E-state index in [4.69, 9.17) is 27.9 Å². The van der Waals surface area contributed by atoms with Crippen LogP contribution in [0.4, 0.5) is 10.3 Å². The molecule has 19 heavy (non-hydrogen) atoms. The van der Waals surface area contributed by atoms with Gasteiger partial charge in [-0.05, 0) is 17.7 Å². The molecule has 2 rings (SSSR count). The first kappa shape index (κ1) is 12.9. The second kappa shape index (κ2) is 4.97. The van der Waals surface area contributed by atoms with Gasteiger partial charge in [0.1, 0.15) is 18.0 Å². The van der Waals surface area contributed by atoms with Crippen LogP contribution in [0.3, 0.4) is 0 Å². The van der Waals surface area contributed by atoms with Crippen LogP contribution in [0, 0.1) is 28.5 Å². The van der Waals surface area contributed by atoms with Crippen molar-refractivity contribution in [1.29, 1.82) is 10.5 Å². The number of hydrogen-bond acceptors (Lipinski definition) is 4. The van der Waals surface area contributed by atoms with E-state index < -0.39 is 5.82 Å². The molecule has 0 radical (unpaired) electrons. The van der Waals surface area contributed by atoms with Crippen LogP contribution in [0.2, 0.25) is 5.02 Å². The molecule has 0 bridgehead atoms. The van der Waals surface area contributed by atoms with E-state index in [1.807, 2.05) is 6.07 Å². The number of imidazole rings is 1. The maximum Gasteiger partial charge on any atom is 0.202 e. The number of nitrogens with two attached hydrogens (primary N) is 1. The van der Waals surface area contributed by atoms with Gasteiger partial charge in [-0.3, -0.25) is 4.57 Å². The Morgan fingerprint density at radius 3 is 2.68 bits per heavy atom. The van der Waals surface area contributed by atoms with E-state index in [0.29, 0.717) is 5.56 Å². The Kier molecular flexibility index (Phi) is 3.37. The van der Waals surface area contributed by atoms with Gasteiger partial charge in [-0.1, -0.05) is 17.7 Å². The van der Waals surface area contributed by atoms with Crippen molar-refractivity contribution >= 4 is 17.5 Å². The van der Waals surface area contributed by atoms with Crippen molar-refractivity contribution in [2.24, 2.45) is 0 Å². The Morgan fingerprint density at radius 1 is 1.37 bits per heavy atom. The summed E-state index contributed by atoms with van der Waals surface area (Å²) in [6.45, 7) is 0.184. The summed E-state index contributed by atoms with van der Waals surface area (Å²) >= 11 is 5.68. The molecule has 0 aliphatic rings. The van der Waals surface area contributed by atoms with Gasteiger partial charge in [0.15, 0.2) is 11.4 Å². The zero-order valence-corrected chi connectivity index (χ0v) is 10.3. The van der Waals surface area contributed by atoms with Gasteiger partial charge in [0.25, 0.3) is 0 Å². The first-order valence-corrected chi connectivity index (χ1v) is 5.54. The van der Waals surface area contributed by atoms with E-state index in [1.165, 1.54) is 22.8 Å². The lowest BCUT2D eigenvalue weighted by Crippen LogP contribution is -2.07.